The molecule has 152 valence electrons. The lowest BCUT2D eigenvalue weighted by Crippen LogP contribution is -2.28. The number of benzene rings is 2. The quantitative estimate of drug-likeness (QED) is 0.391. The molecule has 3 rings (SSSR count). The van der Waals surface area contributed by atoms with Crippen LogP contribution in [0, 0.1) is 12.8 Å². The first-order valence-electron chi connectivity index (χ1n) is 9.43. The number of hydrogen-bond acceptors (Lipinski definition) is 2. The Bertz CT molecular complexity index is 1030. The van der Waals surface area contributed by atoms with Crippen molar-refractivity contribution in [3.8, 4) is 21.6 Å². The molecular weight excluding hydrogens is 445 g/mol. The Morgan fingerprint density at radius 2 is 1.72 bits per heavy atom. The summed E-state index contributed by atoms with van der Waals surface area (Å²) in [5.41, 5.74) is 4.21. The zero-order valence-electron chi connectivity index (χ0n) is 16.5. The minimum Gasteiger partial charge on any atom is -0.351 e. The fourth-order valence-electron chi connectivity index (χ4n) is 3.08. The molecule has 2 aromatic carbocycles. The predicted octanol–water partition coefficient (Wildman–Crippen LogP) is 8.01. The number of rotatable bonds is 6. The molecule has 0 saturated heterocycles. The summed E-state index contributed by atoms with van der Waals surface area (Å²) in [6, 6.07) is 13.3. The molecule has 0 aliphatic heterocycles. The zero-order chi connectivity index (χ0) is 21.1. The van der Waals surface area contributed by atoms with Crippen LogP contribution in [0.15, 0.2) is 42.5 Å². The Morgan fingerprint density at radius 3 is 2.34 bits per heavy atom. The molecular formula is C23H22Cl3NOS. The largest absolute Gasteiger partial charge is 0.351 e. The van der Waals surface area contributed by atoms with Gasteiger partial charge in [0.15, 0.2) is 0 Å². The zero-order valence-corrected chi connectivity index (χ0v) is 19.6. The molecule has 6 heteroatoms. The van der Waals surface area contributed by atoms with Crippen molar-refractivity contribution in [2.45, 2.75) is 33.7 Å². The summed E-state index contributed by atoms with van der Waals surface area (Å²) >= 11 is 20.4. The van der Waals surface area contributed by atoms with Crippen LogP contribution in [0.3, 0.4) is 0 Å². The molecule has 2 nitrogen and oxygen atoms in total. The fourth-order valence-corrected chi connectivity index (χ4v) is 5.08. The van der Waals surface area contributed by atoms with Crippen LogP contribution in [0.1, 0.15) is 30.7 Å². The fraction of sp³-hybridized carbons (Fsp3) is 0.261. The van der Waals surface area contributed by atoms with E-state index in [2.05, 4.69) is 12.2 Å². The van der Waals surface area contributed by atoms with Crippen molar-refractivity contribution in [2.75, 3.05) is 0 Å². The van der Waals surface area contributed by atoms with Crippen LogP contribution >= 0.6 is 46.1 Å². The smallest absolute Gasteiger partial charge is 0.223 e. The molecule has 0 radical (unpaired) electrons. The average molecular weight is 467 g/mol. The third kappa shape index (κ3) is 4.97. The van der Waals surface area contributed by atoms with Gasteiger partial charge in [-0.3, -0.25) is 4.79 Å². The summed E-state index contributed by atoms with van der Waals surface area (Å²) in [7, 11) is 0. The number of amides is 1. The third-order valence-corrected chi connectivity index (χ3v) is 7.16. The highest BCUT2D eigenvalue weighted by atomic mass is 35.5. The van der Waals surface area contributed by atoms with Crippen LogP contribution in [-0.2, 0) is 11.3 Å². The van der Waals surface area contributed by atoms with Crippen LogP contribution in [0.4, 0.5) is 0 Å². The van der Waals surface area contributed by atoms with E-state index in [9.17, 15) is 4.79 Å². The van der Waals surface area contributed by atoms with Gasteiger partial charge in [-0.1, -0.05) is 66.8 Å². The molecule has 1 amide bonds. The van der Waals surface area contributed by atoms with Gasteiger partial charge < -0.3 is 5.32 Å². The van der Waals surface area contributed by atoms with Crippen molar-refractivity contribution in [1.82, 2.24) is 5.32 Å². The van der Waals surface area contributed by atoms with Crippen molar-refractivity contribution in [3.63, 3.8) is 0 Å². The van der Waals surface area contributed by atoms with Crippen LogP contribution in [-0.4, -0.2) is 5.91 Å². The standard InChI is InChI=1S/C23H22Cl3NOS/c1-4-13(2)23(28)27-12-20-14(3)21(15-5-7-16(24)8-6-15)22(29-20)18-10-9-17(25)11-19(18)26/h5-11,13H,4,12H2,1-3H3,(H,27,28). The van der Waals surface area contributed by atoms with E-state index in [0.29, 0.717) is 21.6 Å². The van der Waals surface area contributed by atoms with Gasteiger partial charge in [-0.2, -0.15) is 0 Å². The summed E-state index contributed by atoms with van der Waals surface area (Å²) in [5.74, 6) is 0.0654. The molecule has 3 aromatic rings. The Labute approximate surface area is 190 Å². The van der Waals surface area contributed by atoms with E-state index < -0.39 is 0 Å². The second-order valence-corrected chi connectivity index (χ2v) is 9.40. The van der Waals surface area contributed by atoms with Crippen LogP contribution in [0.5, 0.6) is 0 Å². The molecule has 0 fully saturated rings. The molecule has 1 heterocycles. The highest BCUT2D eigenvalue weighted by Gasteiger charge is 2.21. The van der Waals surface area contributed by atoms with Crippen molar-refractivity contribution < 1.29 is 4.79 Å². The van der Waals surface area contributed by atoms with E-state index in [4.69, 9.17) is 34.8 Å². The monoisotopic (exact) mass is 465 g/mol. The van der Waals surface area contributed by atoms with Gasteiger partial charge in [0, 0.05) is 36.8 Å². The van der Waals surface area contributed by atoms with Crippen LogP contribution < -0.4 is 5.32 Å². The highest BCUT2D eigenvalue weighted by molar-refractivity contribution is 7.16. The van der Waals surface area contributed by atoms with Gasteiger partial charge in [0.05, 0.1) is 11.6 Å². The molecule has 1 unspecified atom stereocenters. The van der Waals surface area contributed by atoms with Crippen molar-refractivity contribution in [2.24, 2.45) is 5.92 Å². The van der Waals surface area contributed by atoms with Gasteiger partial charge in [-0.25, -0.2) is 0 Å². The molecule has 0 aliphatic carbocycles. The van der Waals surface area contributed by atoms with E-state index in [1.54, 1.807) is 17.4 Å². The molecule has 0 aliphatic rings. The van der Waals surface area contributed by atoms with Gasteiger partial charge in [-0.05, 0) is 48.7 Å². The SMILES string of the molecule is CCC(C)C(=O)NCc1sc(-c2ccc(Cl)cc2Cl)c(-c2ccc(Cl)cc2)c1C. The van der Waals surface area contributed by atoms with E-state index in [0.717, 1.165) is 38.4 Å². The minimum absolute atomic E-state index is 0.00353. The number of carbonyl (C=O) groups is 1. The van der Waals surface area contributed by atoms with E-state index in [1.807, 2.05) is 50.2 Å². The lowest BCUT2D eigenvalue weighted by molar-refractivity contribution is -0.124. The molecule has 0 bridgehead atoms. The molecule has 1 N–H and O–H groups in total. The second kappa shape index (κ2) is 9.53. The first-order chi connectivity index (χ1) is 13.8. The second-order valence-electron chi connectivity index (χ2n) is 7.01. The Kier molecular flexibility index (Phi) is 7.28. The maximum absolute atomic E-state index is 12.3. The lowest BCUT2D eigenvalue weighted by atomic mass is 9.98. The highest BCUT2D eigenvalue weighted by Crippen LogP contribution is 2.45. The normalized spacial score (nSPS) is 12.1. The lowest BCUT2D eigenvalue weighted by Gasteiger charge is -2.10. The first-order valence-corrected chi connectivity index (χ1v) is 11.4. The molecule has 0 saturated carbocycles. The topological polar surface area (TPSA) is 29.1 Å². The maximum atomic E-state index is 12.3. The maximum Gasteiger partial charge on any atom is 0.223 e. The van der Waals surface area contributed by atoms with Gasteiger partial charge in [-0.15, -0.1) is 11.3 Å². The summed E-state index contributed by atoms with van der Waals surface area (Å²) in [6.07, 6.45) is 0.816. The van der Waals surface area contributed by atoms with E-state index in [-0.39, 0.29) is 11.8 Å². The number of halogens is 3. The van der Waals surface area contributed by atoms with Crippen LogP contribution in [0.2, 0.25) is 15.1 Å². The average Bonchev–Trinajstić information content (AvgIpc) is 3.02. The Morgan fingerprint density at radius 1 is 1.07 bits per heavy atom. The summed E-state index contributed by atoms with van der Waals surface area (Å²) in [4.78, 5) is 14.4. The van der Waals surface area contributed by atoms with Gasteiger partial charge >= 0.3 is 0 Å². The number of nitrogens with one attached hydrogen (secondary N) is 1. The van der Waals surface area contributed by atoms with E-state index >= 15 is 0 Å². The molecule has 1 aromatic heterocycles. The van der Waals surface area contributed by atoms with Crippen molar-refractivity contribution >= 4 is 52.0 Å². The molecule has 29 heavy (non-hydrogen) atoms. The van der Waals surface area contributed by atoms with E-state index in [1.165, 1.54) is 0 Å². The first kappa shape index (κ1) is 22.2. The van der Waals surface area contributed by atoms with Crippen LogP contribution in [0.25, 0.3) is 21.6 Å². The Hall–Kier alpha value is -1.52. The molecule has 1 atom stereocenters. The summed E-state index contributed by atoms with van der Waals surface area (Å²) in [6.45, 7) is 6.53. The number of thiophene rings is 1. The number of carbonyl (C=O) groups excluding carboxylic acids is 1. The van der Waals surface area contributed by atoms with Gasteiger partial charge in [0.2, 0.25) is 5.91 Å². The number of hydrogen-bond donors (Lipinski definition) is 1. The summed E-state index contributed by atoms with van der Waals surface area (Å²) < 4.78 is 0. The Balaban J connectivity index is 2.08. The summed E-state index contributed by atoms with van der Waals surface area (Å²) in [5, 5.41) is 4.95. The minimum atomic E-state index is -0.00353. The predicted molar refractivity (Wildman–Crippen MR) is 126 cm³/mol. The van der Waals surface area contributed by atoms with Crippen molar-refractivity contribution in [3.05, 3.63) is 68.0 Å². The van der Waals surface area contributed by atoms with Gasteiger partial charge in [0.25, 0.3) is 0 Å². The molecule has 0 spiro atoms. The third-order valence-electron chi connectivity index (χ3n) is 5.04. The van der Waals surface area contributed by atoms with Crippen molar-refractivity contribution in [1.29, 1.82) is 0 Å². The van der Waals surface area contributed by atoms with Gasteiger partial charge in [0.1, 0.15) is 0 Å².